The highest BCUT2D eigenvalue weighted by Crippen LogP contribution is 2.29. The van der Waals surface area contributed by atoms with Crippen molar-refractivity contribution < 1.29 is 17.6 Å². The number of nitrogens with zero attached hydrogens (tertiary/aromatic N) is 3. The highest BCUT2D eigenvalue weighted by Gasteiger charge is 2.35. The highest BCUT2D eigenvalue weighted by molar-refractivity contribution is 6.30. The van der Waals surface area contributed by atoms with Gasteiger partial charge in [-0.25, -0.2) is 13.9 Å². The molecule has 0 fully saturated rings. The average molecular weight is 332 g/mol. The van der Waals surface area contributed by atoms with Crippen LogP contribution in [0, 0.1) is 5.82 Å². The van der Waals surface area contributed by atoms with Crippen LogP contribution in [0.1, 0.15) is 5.69 Å². The normalized spacial score (nSPS) is 12.0. The molecule has 0 N–H and O–H groups in total. The third kappa shape index (κ3) is 2.25. The van der Waals surface area contributed by atoms with Gasteiger partial charge < -0.3 is 0 Å². The Morgan fingerprint density at radius 2 is 1.91 bits per heavy atom. The van der Waals surface area contributed by atoms with Crippen molar-refractivity contribution in [1.29, 1.82) is 0 Å². The first-order valence-electron chi connectivity index (χ1n) is 5.91. The summed E-state index contributed by atoms with van der Waals surface area (Å²) in [6, 6.07) is 3.87. The summed E-state index contributed by atoms with van der Waals surface area (Å²) in [5, 5.41) is 0.0978. The minimum atomic E-state index is -4.74. The van der Waals surface area contributed by atoms with Crippen LogP contribution in [0.25, 0.3) is 11.5 Å². The summed E-state index contributed by atoms with van der Waals surface area (Å²) >= 11 is 5.63. The second kappa shape index (κ2) is 4.84. The summed E-state index contributed by atoms with van der Waals surface area (Å²) in [4.78, 5) is 15.8. The average Bonchev–Trinajstić information content (AvgIpc) is 2.87. The second-order valence-electron chi connectivity index (χ2n) is 4.39. The fourth-order valence-electron chi connectivity index (χ4n) is 2.11. The molecule has 0 spiro atoms. The van der Waals surface area contributed by atoms with Gasteiger partial charge in [-0.1, -0.05) is 11.6 Å². The molecule has 0 bridgehead atoms. The topological polar surface area (TPSA) is 39.3 Å². The molecule has 0 aliphatic carbocycles. The Kier molecular flexibility index (Phi) is 3.21. The molecule has 22 heavy (non-hydrogen) atoms. The van der Waals surface area contributed by atoms with Crippen LogP contribution < -0.4 is 5.56 Å². The molecule has 1 aromatic carbocycles. The Morgan fingerprint density at radius 1 is 1.18 bits per heavy atom. The van der Waals surface area contributed by atoms with Crippen LogP contribution in [-0.2, 0) is 6.18 Å². The monoisotopic (exact) mass is 331 g/mol. The van der Waals surface area contributed by atoms with Gasteiger partial charge in [0.05, 0.1) is 5.69 Å². The van der Waals surface area contributed by atoms with E-state index in [0.717, 1.165) is 23.0 Å². The van der Waals surface area contributed by atoms with Gasteiger partial charge in [-0.05, 0) is 18.2 Å². The summed E-state index contributed by atoms with van der Waals surface area (Å²) < 4.78 is 54.3. The van der Waals surface area contributed by atoms with Crippen molar-refractivity contribution in [3.63, 3.8) is 0 Å². The summed E-state index contributed by atoms with van der Waals surface area (Å²) in [6.07, 6.45) is -2.61. The molecule has 3 rings (SSSR count). The molecule has 4 nitrogen and oxygen atoms in total. The van der Waals surface area contributed by atoms with Crippen LogP contribution >= 0.6 is 11.6 Å². The maximum absolute atomic E-state index is 14.0. The maximum atomic E-state index is 14.0. The molecule has 2 heterocycles. The molecule has 3 aromatic rings. The molecule has 0 unspecified atom stereocenters. The van der Waals surface area contributed by atoms with Gasteiger partial charge in [-0.2, -0.15) is 13.2 Å². The Bertz CT molecular complexity index is 929. The van der Waals surface area contributed by atoms with Crippen LogP contribution in [0.4, 0.5) is 17.6 Å². The van der Waals surface area contributed by atoms with E-state index < -0.39 is 23.2 Å². The van der Waals surface area contributed by atoms with E-state index in [1.54, 1.807) is 0 Å². The first kappa shape index (κ1) is 14.6. The zero-order valence-electron chi connectivity index (χ0n) is 10.6. The Balaban J connectivity index is 2.40. The lowest BCUT2D eigenvalue weighted by Gasteiger charge is -2.13. The van der Waals surface area contributed by atoms with Gasteiger partial charge in [0.1, 0.15) is 11.5 Å². The van der Waals surface area contributed by atoms with Crippen molar-refractivity contribution in [3.8, 4) is 5.69 Å². The van der Waals surface area contributed by atoms with Crippen LogP contribution in [-0.4, -0.2) is 14.0 Å². The minimum Gasteiger partial charge on any atom is -0.280 e. The first-order valence-corrected chi connectivity index (χ1v) is 6.28. The zero-order chi connectivity index (χ0) is 16.1. The van der Waals surface area contributed by atoms with Crippen LogP contribution in [0.2, 0.25) is 5.02 Å². The van der Waals surface area contributed by atoms with E-state index >= 15 is 0 Å². The quantitative estimate of drug-likeness (QED) is 0.642. The number of hydrogen-bond acceptors (Lipinski definition) is 2. The highest BCUT2D eigenvalue weighted by atomic mass is 35.5. The Labute approximate surface area is 125 Å². The number of halogens is 5. The van der Waals surface area contributed by atoms with Crippen molar-refractivity contribution in [2.45, 2.75) is 6.18 Å². The number of rotatable bonds is 1. The van der Waals surface area contributed by atoms with Crippen LogP contribution in [0.3, 0.4) is 0 Å². The lowest BCUT2D eigenvalue weighted by atomic mass is 10.3. The zero-order valence-corrected chi connectivity index (χ0v) is 11.4. The molecule has 0 aliphatic heterocycles. The predicted octanol–water partition coefficient (Wildman–Crippen LogP) is 3.30. The van der Waals surface area contributed by atoms with Crippen molar-refractivity contribution in [1.82, 2.24) is 14.0 Å². The summed E-state index contributed by atoms with van der Waals surface area (Å²) in [5.74, 6) is -1.19. The molecule has 0 saturated carbocycles. The molecule has 0 radical (unpaired) electrons. The molecular weight excluding hydrogens is 326 g/mol. The predicted molar refractivity (Wildman–Crippen MR) is 70.8 cm³/mol. The summed E-state index contributed by atoms with van der Waals surface area (Å²) in [7, 11) is 0. The number of hydrogen-bond donors (Lipinski definition) is 0. The molecule has 0 saturated heterocycles. The van der Waals surface area contributed by atoms with Gasteiger partial charge in [0.2, 0.25) is 5.78 Å². The van der Waals surface area contributed by atoms with Gasteiger partial charge in [0.15, 0.2) is 0 Å². The molecule has 0 aliphatic rings. The fourth-order valence-corrected chi connectivity index (χ4v) is 2.26. The van der Waals surface area contributed by atoms with E-state index in [4.69, 9.17) is 11.6 Å². The maximum Gasteiger partial charge on any atom is 0.432 e. The first-order chi connectivity index (χ1) is 10.3. The Morgan fingerprint density at radius 3 is 2.55 bits per heavy atom. The smallest absolute Gasteiger partial charge is 0.280 e. The van der Waals surface area contributed by atoms with Gasteiger partial charge >= 0.3 is 6.18 Å². The molecule has 2 aromatic heterocycles. The number of fused-ring (bicyclic) bond motifs is 1. The number of aromatic nitrogens is 3. The molecule has 0 amide bonds. The fraction of sp³-hybridized carbons (Fsp3) is 0.0769. The number of imidazole rings is 1. The van der Waals surface area contributed by atoms with Crippen molar-refractivity contribution in [2.75, 3.05) is 0 Å². The lowest BCUT2D eigenvalue weighted by Crippen LogP contribution is -2.26. The van der Waals surface area contributed by atoms with E-state index in [1.807, 2.05) is 0 Å². The van der Waals surface area contributed by atoms with E-state index in [0.29, 0.717) is 10.5 Å². The largest absolute Gasteiger partial charge is 0.432 e. The molecule has 0 atom stereocenters. The van der Waals surface area contributed by atoms with Crippen LogP contribution in [0.15, 0.2) is 41.5 Å². The van der Waals surface area contributed by atoms with Gasteiger partial charge in [-0.3, -0.25) is 9.20 Å². The van der Waals surface area contributed by atoms with E-state index in [1.165, 1.54) is 12.1 Å². The van der Waals surface area contributed by atoms with Crippen molar-refractivity contribution in [2.24, 2.45) is 0 Å². The van der Waals surface area contributed by atoms with Gasteiger partial charge in [-0.15, -0.1) is 0 Å². The molecule has 114 valence electrons. The van der Waals surface area contributed by atoms with Gasteiger partial charge in [0, 0.05) is 23.5 Å². The third-order valence-corrected chi connectivity index (χ3v) is 3.24. The molecule has 9 heteroatoms. The third-order valence-electron chi connectivity index (χ3n) is 3.00. The van der Waals surface area contributed by atoms with Gasteiger partial charge in [0.25, 0.3) is 5.56 Å². The number of benzene rings is 1. The van der Waals surface area contributed by atoms with Crippen molar-refractivity contribution >= 4 is 17.4 Å². The number of alkyl halides is 3. The summed E-state index contributed by atoms with van der Waals surface area (Å²) in [6.45, 7) is 0. The standard InChI is InChI=1S/C13H6ClF4N3O/c14-7-1-2-9(8(15)5-7)21-11(22)6-10(13(16,17)18)20-4-3-19-12(20)21/h1-6H. The van der Waals surface area contributed by atoms with E-state index in [2.05, 4.69) is 4.98 Å². The van der Waals surface area contributed by atoms with Crippen molar-refractivity contribution in [3.05, 3.63) is 63.5 Å². The van der Waals surface area contributed by atoms with Crippen LogP contribution in [0.5, 0.6) is 0 Å². The van der Waals surface area contributed by atoms with E-state index in [9.17, 15) is 22.4 Å². The van der Waals surface area contributed by atoms with E-state index in [-0.39, 0.29) is 16.5 Å². The lowest BCUT2D eigenvalue weighted by molar-refractivity contribution is -0.142. The second-order valence-corrected chi connectivity index (χ2v) is 4.83. The summed E-state index contributed by atoms with van der Waals surface area (Å²) in [5.41, 5.74) is -2.47. The Hall–Kier alpha value is -2.35. The SMILES string of the molecule is O=c1cc(C(F)(F)F)n2ccnc2n1-c1ccc(Cl)cc1F. The molecular formula is C13H6ClF4N3O. The minimum absolute atomic E-state index is 0.0978.